The van der Waals surface area contributed by atoms with Crippen molar-refractivity contribution in [2.75, 3.05) is 7.05 Å². The van der Waals surface area contributed by atoms with Crippen molar-refractivity contribution in [3.8, 4) is 0 Å². The summed E-state index contributed by atoms with van der Waals surface area (Å²) in [5.74, 6) is 0. The Kier molecular flexibility index (Phi) is 16.0. The van der Waals surface area contributed by atoms with E-state index in [4.69, 9.17) is 0 Å². The second kappa shape index (κ2) is 16.0. The molecule has 1 atom stereocenters. The molecule has 0 aromatic rings. The van der Waals surface area contributed by atoms with E-state index in [9.17, 15) is 0 Å². The zero-order valence-corrected chi connectivity index (χ0v) is 14.0. The summed E-state index contributed by atoms with van der Waals surface area (Å²) in [7, 11) is 2.13. The summed E-state index contributed by atoms with van der Waals surface area (Å²) in [5.41, 5.74) is 0. The maximum Gasteiger partial charge on any atom is 0.00640 e. The quantitative estimate of drug-likeness (QED) is 0.355. The van der Waals surface area contributed by atoms with Crippen molar-refractivity contribution in [1.82, 2.24) is 5.32 Å². The largest absolute Gasteiger partial charge is 0.317 e. The predicted octanol–water partition coefficient (Wildman–Crippen LogP) is 6.08. The van der Waals surface area contributed by atoms with E-state index in [1.165, 1.54) is 89.9 Å². The zero-order chi connectivity index (χ0) is 14.2. The minimum atomic E-state index is 0.774. The molecule has 0 saturated carbocycles. The average molecular weight is 270 g/mol. The molecule has 0 radical (unpaired) electrons. The second-order valence-corrected chi connectivity index (χ2v) is 6.10. The Morgan fingerprint density at radius 3 is 1.42 bits per heavy atom. The molecule has 1 heteroatoms. The number of unbranched alkanes of at least 4 members (excludes halogenated alkanes) is 10. The van der Waals surface area contributed by atoms with Gasteiger partial charge in [-0.15, -0.1) is 0 Å². The molecule has 0 aliphatic heterocycles. The van der Waals surface area contributed by atoms with Gasteiger partial charge in [0, 0.05) is 6.04 Å². The highest BCUT2D eigenvalue weighted by molar-refractivity contribution is 4.64. The van der Waals surface area contributed by atoms with Crippen molar-refractivity contribution in [3.63, 3.8) is 0 Å². The van der Waals surface area contributed by atoms with Gasteiger partial charge in [0.1, 0.15) is 0 Å². The molecular formula is C18H39N. The Labute approximate surface area is 122 Å². The highest BCUT2D eigenvalue weighted by Gasteiger charge is 2.04. The molecule has 0 amide bonds. The van der Waals surface area contributed by atoms with Gasteiger partial charge in [-0.3, -0.25) is 0 Å². The fourth-order valence-corrected chi connectivity index (χ4v) is 2.78. The summed E-state index contributed by atoms with van der Waals surface area (Å²) < 4.78 is 0. The van der Waals surface area contributed by atoms with Crippen LogP contribution in [0.25, 0.3) is 0 Å². The smallest absolute Gasteiger partial charge is 0.00640 e. The molecule has 1 N–H and O–H groups in total. The van der Waals surface area contributed by atoms with Crippen LogP contribution in [0.5, 0.6) is 0 Å². The third-order valence-corrected chi connectivity index (χ3v) is 4.22. The first-order valence-electron chi connectivity index (χ1n) is 9.02. The lowest BCUT2D eigenvalue weighted by molar-refractivity contribution is 0.439. The van der Waals surface area contributed by atoms with Crippen LogP contribution in [0.2, 0.25) is 0 Å². The standard InChI is InChI=1S/C18H39N/c1-4-6-8-9-10-11-12-13-15-17-18(19-3)16-14-7-5-2/h18-19H,4-17H2,1-3H3. The van der Waals surface area contributed by atoms with Crippen molar-refractivity contribution >= 4 is 0 Å². The van der Waals surface area contributed by atoms with E-state index >= 15 is 0 Å². The Morgan fingerprint density at radius 2 is 0.947 bits per heavy atom. The predicted molar refractivity (Wildman–Crippen MR) is 88.8 cm³/mol. The molecule has 0 heterocycles. The lowest BCUT2D eigenvalue weighted by atomic mass is 10.0. The summed E-state index contributed by atoms with van der Waals surface area (Å²) in [4.78, 5) is 0. The van der Waals surface area contributed by atoms with Crippen LogP contribution in [0.3, 0.4) is 0 Å². The summed E-state index contributed by atoms with van der Waals surface area (Å²) >= 11 is 0. The lowest BCUT2D eigenvalue weighted by Gasteiger charge is -2.15. The number of rotatable bonds is 15. The summed E-state index contributed by atoms with van der Waals surface area (Å²) in [6, 6.07) is 0.774. The fraction of sp³-hybridized carbons (Fsp3) is 1.00. The first-order valence-corrected chi connectivity index (χ1v) is 9.02. The average Bonchev–Trinajstić information content (AvgIpc) is 2.43. The zero-order valence-electron chi connectivity index (χ0n) is 14.0. The van der Waals surface area contributed by atoms with E-state index in [0.29, 0.717) is 0 Å². The van der Waals surface area contributed by atoms with Crippen molar-refractivity contribution in [1.29, 1.82) is 0 Å². The maximum absolute atomic E-state index is 3.49. The fourth-order valence-electron chi connectivity index (χ4n) is 2.78. The monoisotopic (exact) mass is 269 g/mol. The van der Waals surface area contributed by atoms with E-state index in [1.807, 2.05) is 0 Å². The highest BCUT2D eigenvalue weighted by atomic mass is 14.9. The Hall–Kier alpha value is -0.0400. The van der Waals surface area contributed by atoms with Gasteiger partial charge in [-0.25, -0.2) is 0 Å². The number of hydrogen-bond acceptors (Lipinski definition) is 1. The van der Waals surface area contributed by atoms with Crippen molar-refractivity contribution in [3.05, 3.63) is 0 Å². The van der Waals surface area contributed by atoms with Gasteiger partial charge in [-0.2, -0.15) is 0 Å². The number of nitrogens with one attached hydrogen (secondary N) is 1. The first kappa shape index (κ1) is 19.0. The third kappa shape index (κ3) is 14.2. The molecule has 1 unspecified atom stereocenters. The van der Waals surface area contributed by atoms with Gasteiger partial charge < -0.3 is 5.32 Å². The van der Waals surface area contributed by atoms with Crippen molar-refractivity contribution in [2.24, 2.45) is 0 Å². The van der Waals surface area contributed by atoms with Crippen LogP contribution < -0.4 is 5.32 Å². The Bertz CT molecular complexity index is 156. The molecular weight excluding hydrogens is 230 g/mol. The highest BCUT2D eigenvalue weighted by Crippen LogP contribution is 2.13. The minimum absolute atomic E-state index is 0.774. The molecule has 19 heavy (non-hydrogen) atoms. The van der Waals surface area contributed by atoms with Crippen LogP contribution in [-0.4, -0.2) is 13.1 Å². The Morgan fingerprint density at radius 1 is 0.579 bits per heavy atom. The molecule has 0 fully saturated rings. The van der Waals surface area contributed by atoms with Gasteiger partial charge in [-0.1, -0.05) is 90.9 Å². The molecule has 116 valence electrons. The number of hydrogen-bond donors (Lipinski definition) is 1. The van der Waals surface area contributed by atoms with Crippen LogP contribution in [0.4, 0.5) is 0 Å². The molecule has 0 rings (SSSR count). The van der Waals surface area contributed by atoms with Crippen LogP contribution in [-0.2, 0) is 0 Å². The normalized spacial score (nSPS) is 12.8. The molecule has 0 aromatic carbocycles. The van der Waals surface area contributed by atoms with Gasteiger partial charge in [0.25, 0.3) is 0 Å². The first-order chi connectivity index (χ1) is 9.35. The van der Waals surface area contributed by atoms with E-state index < -0.39 is 0 Å². The van der Waals surface area contributed by atoms with Crippen LogP contribution in [0, 0.1) is 0 Å². The van der Waals surface area contributed by atoms with Crippen LogP contribution in [0.1, 0.15) is 104 Å². The van der Waals surface area contributed by atoms with E-state index in [2.05, 4.69) is 26.2 Å². The van der Waals surface area contributed by atoms with E-state index in [0.717, 1.165) is 6.04 Å². The minimum Gasteiger partial charge on any atom is -0.317 e. The Balaban J connectivity index is 3.21. The van der Waals surface area contributed by atoms with Crippen LogP contribution >= 0.6 is 0 Å². The molecule has 0 bridgehead atoms. The molecule has 0 spiro atoms. The molecule has 0 saturated heterocycles. The van der Waals surface area contributed by atoms with Gasteiger partial charge in [0.2, 0.25) is 0 Å². The van der Waals surface area contributed by atoms with Gasteiger partial charge in [0.05, 0.1) is 0 Å². The summed E-state index contributed by atoms with van der Waals surface area (Å²) in [6.07, 6.45) is 19.9. The van der Waals surface area contributed by atoms with E-state index in [-0.39, 0.29) is 0 Å². The van der Waals surface area contributed by atoms with Gasteiger partial charge in [-0.05, 0) is 19.9 Å². The van der Waals surface area contributed by atoms with Gasteiger partial charge >= 0.3 is 0 Å². The molecule has 0 aromatic heterocycles. The second-order valence-electron chi connectivity index (χ2n) is 6.10. The molecule has 1 nitrogen and oxygen atoms in total. The molecule has 0 aliphatic rings. The molecule has 0 aliphatic carbocycles. The van der Waals surface area contributed by atoms with Crippen molar-refractivity contribution in [2.45, 2.75) is 110 Å². The summed E-state index contributed by atoms with van der Waals surface area (Å²) in [6.45, 7) is 4.58. The maximum atomic E-state index is 3.49. The van der Waals surface area contributed by atoms with Crippen LogP contribution in [0.15, 0.2) is 0 Å². The topological polar surface area (TPSA) is 12.0 Å². The third-order valence-electron chi connectivity index (χ3n) is 4.22. The van der Waals surface area contributed by atoms with Gasteiger partial charge in [0.15, 0.2) is 0 Å². The lowest BCUT2D eigenvalue weighted by Crippen LogP contribution is -2.24. The SMILES string of the molecule is CCCCCCCCCCCC(CCCCC)NC. The summed E-state index contributed by atoms with van der Waals surface area (Å²) in [5, 5.41) is 3.49. The van der Waals surface area contributed by atoms with Crippen molar-refractivity contribution < 1.29 is 0 Å². The van der Waals surface area contributed by atoms with E-state index in [1.54, 1.807) is 0 Å².